The lowest BCUT2D eigenvalue weighted by molar-refractivity contribution is 0.196. The molecule has 228 valence electrons. The molecule has 45 heavy (non-hydrogen) atoms. The predicted molar refractivity (Wildman–Crippen MR) is 177 cm³/mol. The van der Waals surface area contributed by atoms with Crippen molar-refractivity contribution in [1.82, 2.24) is 4.57 Å². The maximum Gasteiger partial charge on any atom is 0.162 e. The second-order valence-corrected chi connectivity index (χ2v) is 11.0. The number of benzene rings is 5. The quantitative estimate of drug-likeness (QED) is 0.146. The van der Waals surface area contributed by atoms with Crippen LogP contribution in [-0.4, -0.2) is 30.0 Å². The fraction of sp³-hybridized carbons (Fsp3) is 0.179. The van der Waals surface area contributed by atoms with Crippen LogP contribution in [0, 0.1) is 0 Å². The maximum atomic E-state index is 9.33. The summed E-state index contributed by atoms with van der Waals surface area (Å²) in [6, 6.07) is 42.9. The van der Waals surface area contributed by atoms with Crippen LogP contribution in [0.4, 0.5) is 0 Å². The smallest absolute Gasteiger partial charge is 0.162 e. The molecule has 0 aliphatic carbocycles. The summed E-state index contributed by atoms with van der Waals surface area (Å²) < 4.78 is 26.7. The molecular weight excluding hydrogens is 562 g/mol. The van der Waals surface area contributed by atoms with Crippen LogP contribution in [0.15, 0.2) is 134 Å². The highest BCUT2D eigenvalue weighted by atomic mass is 16.5. The second kappa shape index (κ2) is 13.6. The zero-order valence-electron chi connectivity index (χ0n) is 25.6. The van der Waals surface area contributed by atoms with Crippen molar-refractivity contribution in [3.63, 3.8) is 0 Å². The average molecular weight is 600 g/mol. The molecule has 6 aromatic rings. The minimum absolute atomic E-state index is 0.0809. The molecule has 1 heterocycles. The molecule has 0 fully saturated rings. The number of hydrogen-bond donors (Lipinski definition) is 1. The van der Waals surface area contributed by atoms with E-state index in [1.54, 1.807) is 7.11 Å². The van der Waals surface area contributed by atoms with Crippen molar-refractivity contribution >= 4 is 10.9 Å². The van der Waals surface area contributed by atoms with Gasteiger partial charge in [-0.3, -0.25) is 0 Å². The van der Waals surface area contributed by atoms with Gasteiger partial charge in [-0.05, 0) is 71.0 Å². The molecule has 6 heteroatoms. The topological polar surface area (TPSA) is 62.1 Å². The van der Waals surface area contributed by atoms with Gasteiger partial charge >= 0.3 is 0 Å². The largest absolute Gasteiger partial charge is 0.493 e. The van der Waals surface area contributed by atoms with Crippen molar-refractivity contribution in [3.8, 4) is 23.0 Å². The van der Waals surface area contributed by atoms with Crippen LogP contribution in [0.3, 0.4) is 0 Å². The lowest BCUT2D eigenvalue weighted by atomic mass is 9.83. The van der Waals surface area contributed by atoms with Crippen LogP contribution in [0.2, 0.25) is 0 Å². The Labute approximate surface area is 264 Å². The van der Waals surface area contributed by atoms with E-state index < -0.39 is 5.54 Å². The molecule has 0 radical (unpaired) electrons. The standard InChI is InChI=1S/C39H37NO5/c1-39(40-22-21-31-15-9-10-16-34(31)40,32-17-19-35(43-24-23-41)37(25-32)42-2)33-18-20-36(44-27-29-11-5-3-6-12-29)38(26-33)45-28-30-13-7-4-8-14-30/h3-22,25-26,41H,23-24,27-28H2,1-2H3. The van der Waals surface area contributed by atoms with Gasteiger partial charge in [0.25, 0.3) is 0 Å². The SMILES string of the molecule is COc1cc(C(C)(c2ccc(OCc3ccccc3)c(OCc3ccccc3)c2)n2ccc3ccccc32)ccc1OCCO. The van der Waals surface area contributed by atoms with Crippen molar-refractivity contribution in [3.05, 3.63) is 156 Å². The molecule has 0 saturated carbocycles. The van der Waals surface area contributed by atoms with Gasteiger partial charge in [-0.1, -0.05) is 91.0 Å². The first-order chi connectivity index (χ1) is 22.1. The normalized spacial score (nSPS) is 12.4. The monoisotopic (exact) mass is 599 g/mol. The molecule has 1 N–H and O–H groups in total. The molecule has 0 saturated heterocycles. The first kappa shape index (κ1) is 29.9. The number of methoxy groups -OCH3 is 1. The third kappa shape index (κ3) is 6.37. The summed E-state index contributed by atoms with van der Waals surface area (Å²) in [6.07, 6.45) is 2.12. The molecule has 1 atom stereocenters. The maximum absolute atomic E-state index is 9.33. The van der Waals surface area contributed by atoms with E-state index in [9.17, 15) is 5.11 Å². The molecular formula is C39H37NO5. The molecule has 6 nitrogen and oxygen atoms in total. The van der Waals surface area contributed by atoms with Gasteiger partial charge in [0, 0.05) is 11.7 Å². The third-order valence-electron chi connectivity index (χ3n) is 8.14. The van der Waals surface area contributed by atoms with E-state index in [2.05, 4.69) is 84.4 Å². The first-order valence-corrected chi connectivity index (χ1v) is 15.1. The number of aliphatic hydroxyl groups is 1. The van der Waals surface area contributed by atoms with Gasteiger partial charge in [0.1, 0.15) is 19.8 Å². The van der Waals surface area contributed by atoms with E-state index in [1.807, 2.05) is 60.7 Å². The summed E-state index contributed by atoms with van der Waals surface area (Å²) in [5.74, 6) is 2.49. The molecule has 6 rings (SSSR count). The van der Waals surface area contributed by atoms with Gasteiger partial charge in [-0.25, -0.2) is 0 Å². The molecule has 0 aliphatic heterocycles. The zero-order chi connectivity index (χ0) is 31.1. The van der Waals surface area contributed by atoms with Gasteiger partial charge in [0.2, 0.25) is 0 Å². The Balaban J connectivity index is 1.47. The van der Waals surface area contributed by atoms with Gasteiger partial charge in [-0.15, -0.1) is 0 Å². The number of ether oxygens (including phenoxy) is 4. The Morgan fingerprint density at radius 2 is 1.16 bits per heavy atom. The Bertz CT molecular complexity index is 1850. The van der Waals surface area contributed by atoms with Crippen molar-refractivity contribution in [2.75, 3.05) is 20.3 Å². The molecule has 0 amide bonds. The second-order valence-electron chi connectivity index (χ2n) is 11.0. The minimum atomic E-state index is -0.686. The Morgan fingerprint density at radius 3 is 1.78 bits per heavy atom. The summed E-state index contributed by atoms with van der Waals surface area (Å²) in [6.45, 7) is 3.13. The summed E-state index contributed by atoms with van der Waals surface area (Å²) in [7, 11) is 1.63. The van der Waals surface area contributed by atoms with E-state index in [-0.39, 0.29) is 13.2 Å². The minimum Gasteiger partial charge on any atom is -0.493 e. The molecule has 1 aromatic heterocycles. The number of nitrogens with zero attached hydrogens (tertiary/aromatic N) is 1. The number of fused-ring (bicyclic) bond motifs is 1. The first-order valence-electron chi connectivity index (χ1n) is 15.1. The van der Waals surface area contributed by atoms with Crippen LogP contribution < -0.4 is 18.9 Å². The lowest BCUT2D eigenvalue weighted by Gasteiger charge is -2.35. The Kier molecular flexibility index (Phi) is 9.04. The predicted octanol–water partition coefficient (Wildman–Crippen LogP) is 7.99. The number of aliphatic hydroxyl groups excluding tert-OH is 1. The summed E-state index contributed by atoms with van der Waals surface area (Å²) in [5.41, 5.74) is 4.55. The third-order valence-corrected chi connectivity index (χ3v) is 8.14. The van der Waals surface area contributed by atoms with Gasteiger partial charge in [-0.2, -0.15) is 0 Å². The fourth-order valence-corrected chi connectivity index (χ4v) is 5.68. The van der Waals surface area contributed by atoms with E-state index in [1.165, 1.54) is 0 Å². The van der Waals surface area contributed by atoms with E-state index >= 15 is 0 Å². The summed E-state index contributed by atoms with van der Waals surface area (Å²) in [4.78, 5) is 0. The number of rotatable bonds is 13. The van der Waals surface area contributed by atoms with Crippen molar-refractivity contribution in [2.24, 2.45) is 0 Å². The van der Waals surface area contributed by atoms with E-state index in [0.717, 1.165) is 33.2 Å². The summed E-state index contributed by atoms with van der Waals surface area (Å²) in [5, 5.41) is 10.5. The molecule has 0 bridgehead atoms. The van der Waals surface area contributed by atoms with Gasteiger partial charge in [0.15, 0.2) is 23.0 Å². The van der Waals surface area contributed by atoms with Crippen LogP contribution in [0.1, 0.15) is 29.2 Å². The highest BCUT2D eigenvalue weighted by Crippen LogP contribution is 2.43. The Hall–Kier alpha value is -5.20. The highest BCUT2D eigenvalue weighted by Gasteiger charge is 2.34. The summed E-state index contributed by atoms with van der Waals surface area (Å²) >= 11 is 0. The van der Waals surface area contributed by atoms with E-state index in [0.29, 0.717) is 36.2 Å². The number of para-hydroxylation sites is 1. The lowest BCUT2D eigenvalue weighted by Crippen LogP contribution is -2.32. The highest BCUT2D eigenvalue weighted by molar-refractivity contribution is 5.81. The van der Waals surface area contributed by atoms with Gasteiger partial charge in [0.05, 0.1) is 19.3 Å². The van der Waals surface area contributed by atoms with Crippen molar-refractivity contribution < 1.29 is 24.1 Å². The number of aromatic nitrogens is 1. The zero-order valence-corrected chi connectivity index (χ0v) is 25.6. The molecule has 0 spiro atoms. The van der Waals surface area contributed by atoms with Gasteiger partial charge < -0.3 is 28.6 Å². The van der Waals surface area contributed by atoms with E-state index in [4.69, 9.17) is 18.9 Å². The Morgan fingerprint density at radius 1 is 0.600 bits per heavy atom. The molecule has 5 aromatic carbocycles. The van der Waals surface area contributed by atoms with Crippen molar-refractivity contribution in [1.29, 1.82) is 0 Å². The average Bonchev–Trinajstić information content (AvgIpc) is 3.54. The molecule has 0 aliphatic rings. The van der Waals surface area contributed by atoms with Crippen LogP contribution in [0.5, 0.6) is 23.0 Å². The fourth-order valence-electron chi connectivity index (χ4n) is 5.68. The van der Waals surface area contributed by atoms with Crippen LogP contribution in [-0.2, 0) is 18.8 Å². The van der Waals surface area contributed by atoms with Crippen LogP contribution in [0.25, 0.3) is 10.9 Å². The molecule has 1 unspecified atom stereocenters. The van der Waals surface area contributed by atoms with Crippen LogP contribution >= 0.6 is 0 Å². The van der Waals surface area contributed by atoms with Crippen molar-refractivity contribution in [2.45, 2.75) is 25.7 Å². The number of hydrogen-bond acceptors (Lipinski definition) is 5.